The summed E-state index contributed by atoms with van der Waals surface area (Å²) >= 11 is 0.989. The van der Waals surface area contributed by atoms with Crippen molar-refractivity contribution in [3.63, 3.8) is 0 Å². The van der Waals surface area contributed by atoms with Crippen LogP contribution in [0.1, 0.15) is 31.5 Å². The highest BCUT2D eigenvalue weighted by atomic mass is 127. The summed E-state index contributed by atoms with van der Waals surface area (Å²) in [5, 5.41) is 7.47. The number of hydrogen-bond donors (Lipinski definition) is 2. The minimum absolute atomic E-state index is 0. The van der Waals surface area contributed by atoms with Gasteiger partial charge in [-0.2, -0.15) is 13.2 Å². The maximum atomic E-state index is 12.5. The van der Waals surface area contributed by atoms with Gasteiger partial charge in [0.2, 0.25) is 0 Å². The number of halogens is 4. The molecule has 1 unspecified atom stereocenters. The molecule has 0 radical (unpaired) electrons. The lowest BCUT2D eigenvalue weighted by molar-refractivity contribution is -0.140. The van der Waals surface area contributed by atoms with Gasteiger partial charge in [-0.15, -0.1) is 35.3 Å². The standard InChI is InChI=1S/C14H23F3N4OS2.HI/c1-13(2,3)24(22)8-7-20-12(18-4)19-6-5-11-21-10(9-23-11)14(15,16)17;/h9H,5-8H2,1-4H3,(H2,18,19,20);1H. The Morgan fingerprint density at radius 1 is 1.28 bits per heavy atom. The predicted molar refractivity (Wildman–Crippen MR) is 108 cm³/mol. The number of aliphatic imine (C=N–C) groups is 1. The number of hydrogen-bond acceptors (Lipinski definition) is 4. The second-order valence-electron chi connectivity index (χ2n) is 5.96. The smallest absolute Gasteiger partial charge is 0.356 e. The minimum Gasteiger partial charge on any atom is -0.356 e. The largest absolute Gasteiger partial charge is 0.434 e. The molecule has 0 bridgehead atoms. The first-order valence-corrected chi connectivity index (χ1v) is 9.58. The summed E-state index contributed by atoms with van der Waals surface area (Å²) in [6.07, 6.45) is -4.03. The van der Waals surface area contributed by atoms with Gasteiger partial charge >= 0.3 is 6.18 Å². The molecule has 1 atom stereocenters. The average Bonchev–Trinajstić information content (AvgIpc) is 2.93. The second-order valence-corrected chi connectivity index (χ2v) is 9.23. The molecule has 0 saturated carbocycles. The molecule has 0 aromatic carbocycles. The SMILES string of the molecule is CN=C(NCCc1nc(C(F)(F)F)cs1)NCCS(=O)C(C)(C)C.I. The summed E-state index contributed by atoms with van der Waals surface area (Å²) in [5.74, 6) is 1.01. The summed E-state index contributed by atoms with van der Waals surface area (Å²) in [7, 11) is 0.641. The first-order valence-electron chi connectivity index (χ1n) is 7.38. The summed E-state index contributed by atoms with van der Waals surface area (Å²) < 4.78 is 49.1. The van der Waals surface area contributed by atoms with Crippen LogP contribution in [0.4, 0.5) is 13.2 Å². The topological polar surface area (TPSA) is 66.4 Å². The van der Waals surface area contributed by atoms with Crippen LogP contribution in [0.5, 0.6) is 0 Å². The van der Waals surface area contributed by atoms with Crippen molar-refractivity contribution < 1.29 is 17.4 Å². The van der Waals surface area contributed by atoms with Gasteiger partial charge in [-0.25, -0.2) is 4.98 Å². The number of thiazole rings is 1. The molecular formula is C14H24F3IN4OS2. The van der Waals surface area contributed by atoms with Crippen LogP contribution < -0.4 is 10.6 Å². The van der Waals surface area contributed by atoms with Crippen molar-refractivity contribution in [1.82, 2.24) is 15.6 Å². The number of aromatic nitrogens is 1. The van der Waals surface area contributed by atoms with E-state index in [1.54, 1.807) is 7.05 Å². The second kappa shape index (κ2) is 10.7. The Hall–Kier alpha value is -0.430. The highest BCUT2D eigenvalue weighted by Gasteiger charge is 2.33. The lowest BCUT2D eigenvalue weighted by atomic mass is 10.3. The lowest BCUT2D eigenvalue weighted by Crippen LogP contribution is -2.41. The van der Waals surface area contributed by atoms with E-state index in [4.69, 9.17) is 0 Å². The van der Waals surface area contributed by atoms with Gasteiger partial charge in [0.15, 0.2) is 11.7 Å². The van der Waals surface area contributed by atoms with Gasteiger partial charge in [0, 0.05) is 53.2 Å². The molecule has 0 amide bonds. The first kappa shape index (κ1) is 24.6. The predicted octanol–water partition coefficient (Wildman–Crippen LogP) is 3.03. The van der Waals surface area contributed by atoms with Crippen LogP contribution in [0.25, 0.3) is 0 Å². The number of guanidine groups is 1. The highest BCUT2D eigenvalue weighted by molar-refractivity contribution is 14.0. The van der Waals surface area contributed by atoms with Gasteiger partial charge < -0.3 is 10.6 Å². The van der Waals surface area contributed by atoms with Gasteiger partial charge in [0.25, 0.3) is 0 Å². The molecule has 0 spiro atoms. The van der Waals surface area contributed by atoms with Crippen LogP contribution >= 0.6 is 35.3 Å². The Bertz CT molecular complexity index is 585. The van der Waals surface area contributed by atoms with E-state index in [0.717, 1.165) is 16.7 Å². The summed E-state index contributed by atoms with van der Waals surface area (Å²) in [6, 6.07) is 0. The Morgan fingerprint density at radius 2 is 1.88 bits per heavy atom. The van der Waals surface area contributed by atoms with E-state index in [2.05, 4.69) is 20.6 Å². The maximum Gasteiger partial charge on any atom is 0.434 e. The van der Waals surface area contributed by atoms with E-state index < -0.39 is 22.7 Å². The van der Waals surface area contributed by atoms with Crippen molar-refractivity contribution in [3.05, 3.63) is 16.1 Å². The molecule has 0 saturated heterocycles. The molecule has 0 fully saturated rings. The van der Waals surface area contributed by atoms with Crippen molar-refractivity contribution >= 4 is 52.1 Å². The third kappa shape index (κ3) is 9.18. The zero-order valence-electron chi connectivity index (χ0n) is 14.6. The highest BCUT2D eigenvalue weighted by Crippen LogP contribution is 2.29. The summed E-state index contributed by atoms with van der Waals surface area (Å²) in [6.45, 7) is 6.66. The Balaban J connectivity index is 0.00000576. The van der Waals surface area contributed by atoms with Gasteiger partial charge in [0.05, 0.1) is 5.01 Å². The van der Waals surface area contributed by atoms with Crippen molar-refractivity contribution in [2.45, 2.75) is 38.1 Å². The van der Waals surface area contributed by atoms with Crippen molar-refractivity contribution in [3.8, 4) is 0 Å². The average molecular weight is 512 g/mol. The van der Waals surface area contributed by atoms with Crippen LogP contribution in [0.2, 0.25) is 0 Å². The van der Waals surface area contributed by atoms with E-state index in [9.17, 15) is 17.4 Å². The van der Waals surface area contributed by atoms with Crippen LogP contribution in [-0.2, 0) is 23.4 Å². The van der Waals surface area contributed by atoms with Gasteiger partial charge in [-0.3, -0.25) is 9.20 Å². The van der Waals surface area contributed by atoms with Gasteiger partial charge in [-0.1, -0.05) is 0 Å². The van der Waals surface area contributed by atoms with Gasteiger partial charge in [-0.05, 0) is 20.8 Å². The molecule has 5 nitrogen and oxygen atoms in total. The van der Waals surface area contributed by atoms with Crippen molar-refractivity contribution in [2.24, 2.45) is 4.99 Å². The summed E-state index contributed by atoms with van der Waals surface area (Å²) in [4.78, 5) is 7.59. The zero-order valence-corrected chi connectivity index (χ0v) is 18.5. The van der Waals surface area contributed by atoms with E-state index in [0.29, 0.717) is 36.2 Å². The fraction of sp³-hybridized carbons (Fsp3) is 0.714. The molecule has 146 valence electrons. The molecule has 1 rings (SSSR count). The zero-order chi connectivity index (χ0) is 18.4. The molecule has 1 aromatic heterocycles. The Labute approximate surface area is 169 Å². The molecule has 0 aliphatic carbocycles. The van der Waals surface area contributed by atoms with Crippen LogP contribution in [0, 0.1) is 0 Å². The third-order valence-electron chi connectivity index (χ3n) is 2.96. The Morgan fingerprint density at radius 3 is 2.36 bits per heavy atom. The Kier molecular flexibility index (Phi) is 10.5. The fourth-order valence-electron chi connectivity index (χ4n) is 1.63. The summed E-state index contributed by atoms with van der Waals surface area (Å²) in [5.41, 5.74) is -0.852. The molecule has 0 aliphatic rings. The fourth-order valence-corrected chi connectivity index (χ4v) is 3.34. The maximum absolute atomic E-state index is 12.5. The van der Waals surface area contributed by atoms with E-state index in [1.165, 1.54) is 0 Å². The van der Waals surface area contributed by atoms with Crippen LogP contribution in [0.15, 0.2) is 10.4 Å². The van der Waals surface area contributed by atoms with Crippen molar-refractivity contribution in [1.29, 1.82) is 0 Å². The monoisotopic (exact) mass is 512 g/mol. The molecular weight excluding hydrogens is 488 g/mol. The van der Waals surface area contributed by atoms with E-state index in [-0.39, 0.29) is 28.7 Å². The van der Waals surface area contributed by atoms with Crippen LogP contribution in [-0.4, -0.2) is 45.8 Å². The number of nitrogens with one attached hydrogen (secondary N) is 2. The third-order valence-corrected chi connectivity index (χ3v) is 5.81. The lowest BCUT2D eigenvalue weighted by Gasteiger charge is -2.18. The molecule has 11 heteroatoms. The van der Waals surface area contributed by atoms with E-state index >= 15 is 0 Å². The quantitative estimate of drug-likeness (QED) is 0.350. The van der Waals surface area contributed by atoms with Crippen molar-refractivity contribution in [2.75, 3.05) is 25.9 Å². The minimum atomic E-state index is -4.40. The molecule has 25 heavy (non-hydrogen) atoms. The molecule has 2 N–H and O–H groups in total. The first-order chi connectivity index (χ1) is 11.0. The molecule has 1 aromatic rings. The number of alkyl halides is 3. The molecule has 1 heterocycles. The van der Waals surface area contributed by atoms with Crippen LogP contribution in [0.3, 0.4) is 0 Å². The molecule has 0 aliphatic heterocycles. The number of rotatable bonds is 6. The van der Waals surface area contributed by atoms with E-state index in [1.807, 2.05) is 20.8 Å². The van der Waals surface area contributed by atoms with Gasteiger partial charge in [0.1, 0.15) is 0 Å². The normalized spacial score (nSPS) is 14.0. The number of nitrogens with zero attached hydrogens (tertiary/aromatic N) is 2.